The van der Waals surface area contributed by atoms with Gasteiger partial charge in [0.05, 0.1) is 6.07 Å². The van der Waals surface area contributed by atoms with Crippen LogP contribution in [0.3, 0.4) is 0 Å². The van der Waals surface area contributed by atoms with Crippen molar-refractivity contribution in [3.63, 3.8) is 0 Å². The Kier molecular flexibility index (Phi) is 1.07. The molecule has 3 fully saturated rings. The van der Waals surface area contributed by atoms with Gasteiger partial charge in [0.2, 0.25) is 0 Å². The van der Waals surface area contributed by atoms with E-state index in [9.17, 15) is 5.26 Å². The molecule has 0 aromatic rings. The Morgan fingerprint density at radius 3 is 2.69 bits per heavy atom. The van der Waals surface area contributed by atoms with E-state index in [4.69, 9.17) is 0 Å². The molecule has 2 heteroatoms. The minimum absolute atomic E-state index is 0.176. The predicted octanol–water partition coefficient (Wildman–Crippen LogP) is 1.68. The Morgan fingerprint density at radius 2 is 2.23 bits per heavy atom. The highest BCUT2D eigenvalue weighted by atomic mass is 15.1. The van der Waals surface area contributed by atoms with Crippen LogP contribution >= 0.6 is 0 Å². The van der Waals surface area contributed by atoms with Crippen LogP contribution in [-0.4, -0.2) is 12.1 Å². The fourth-order valence-corrected chi connectivity index (χ4v) is 4.29. The average Bonchev–Trinajstić information content (AvgIpc) is 2.58. The minimum atomic E-state index is -0.176. The molecule has 1 N–H and O–H groups in total. The smallest absolute Gasteiger partial charge is 0.113 e. The molecule has 0 aromatic heterocycles. The van der Waals surface area contributed by atoms with Gasteiger partial charge in [-0.25, -0.2) is 0 Å². The largest absolute Gasteiger partial charge is 0.298 e. The third-order valence-corrected chi connectivity index (χ3v) is 5.60. The van der Waals surface area contributed by atoms with Crippen molar-refractivity contribution in [1.82, 2.24) is 5.32 Å². The molecule has 0 spiro atoms. The molecule has 3 rings (SSSR count). The second-order valence-corrected chi connectivity index (χ2v) is 5.56. The second-order valence-electron chi connectivity index (χ2n) is 5.56. The first-order chi connectivity index (χ1) is 6.08. The van der Waals surface area contributed by atoms with Crippen molar-refractivity contribution in [1.29, 1.82) is 5.26 Å². The number of rotatable bonds is 0. The molecule has 0 aromatic carbocycles. The van der Waals surface area contributed by atoms with Gasteiger partial charge in [-0.05, 0) is 30.6 Å². The summed E-state index contributed by atoms with van der Waals surface area (Å²) in [5, 5.41) is 12.8. The van der Waals surface area contributed by atoms with E-state index in [0.29, 0.717) is 5.41 Å². The molecular formula is C11H16N2. The van der Waals surface area contributed by atoms with Gasteiger partial charge in [-0.2, -0.15) is 5.26 Å². The normalized spacial score (nSPS) is 62.7. The van der Waals surface area contributed by atoms with Crippen molar-refractivity contribution >= 4 is 0 Å². The molecule has 2 saturated carbocycles. The lowest BCUT2D eigenvalue weighted by molar-refractivity contribution is 0.160. The Bertz CT molecular complexity index is 319. The van der Waals surface area contributed by atoms with Crippen LogP contribution in [0.5, 0.6) is 0 Å². The van der Waals surface area contributed by atoms with E-state index in [2.05, 4.69) is 25.2 Å². The summed E-state index contributed by atoms with van der Waals surface area (Å²) in [5.74, 6) is 0.804. The third kappa shape index (κ3) is 0.518. The minimum Gasteiger partial charge on any atom is -0.298 e. The standard InChI is InChI=1S/C11H16N2/c1-9-7-13-11(6-12)5-8(9)3-4-10(9,11)2/h8,13H,3-5,7H2,1-2H3/t8-,9+,10+,11+/m1/s1. The molecule has 1 saturated heterocycles. The molecule has 1 aliphatic heterocycles. The summed E-state index contributed by atoms with van der Waals surface area (Å²) in [7, 11) is 0. The monoisotopic (exact) mass is 176 g/mol. The van der Waals surface area contributed by atoms with E-state index < -0.39 is 0 Å². The molecule has 1 heterocycles. The summed E-state index contributed by atoms with van der Waals surface area (Å²) in [6.45, 7) is 5.76. The molecule has 0 amide bonds. The highest BCUT2D eigenvalue weighted by Crippen LogP contribution is 2.72. The van der Waals surface area contributed by atoms with Crippen LogP contribution < -0.4 is 5.32 Å². The SMILES string of the molecule is C[C@@]12CC[C@@H]3C[C@@]1(C#N)NC[C@@]32C. The van der Waals surface area contributed by atoms with Gasteiger partial charge >= 0.3 is 0 Å². The molecule has 2 nitrogen and oxygen atoms in total. The van der Waals surface area contributed by atoms with Crippen LogP contribution in [0.1, 0.15) is 33.1 Å². The molecular weight excluding hydrogens is 160 g/mol. The van der Waals surface area contributed by atoms with Gasteiger partial charge < -0.3 is 0 Å². The van der Waals surface area contributed by atoms with Gasteiger partial charge in [0.1, 0.15) is 5.54 Å². The first kappa shape index (κ1) is 7.82. The highest BCUT2D eigenvalue weighted by molar-refractivity contribution is 5.34. The zero-order valence-corrected chi connectivity index (χ0v) is 8.35. The van der Waals surface area contributed by atoms with Crippen LogP contribution in [0, 0.1) is 28.1 Å². The summed E-state index contributed by atoms with van der Waals surface area (Å²) >= 11 is 0. The van der Waals surface area contributed by atoms with Crippen molar-refractivity contribution in [3.05, 3.63) is 0 Å². The van der Waals surface area contributed by atoms with Crippen molar-refractivity contribution in [3.8, 4) is 6.07 Å². The quantitative estimate of drug-likeness (QED) is 0.609. The fourth-order valence-electron chi connectivity index (χ4n) is 4.29. The lowest BCUT2D eigenvalue weighted by atomic mass is 9.66. The van der Waals surface area contributed by atoms with Crippen LogP contribution in [0.15, 0.2) is 0 Å². The first-order valence-electron chi connectivity index (χ1n) is 5.24. The maximum atomic E-state index is 9.33. The van der Waals surface area contributed by atoms with Gasteiger partial charge in [0.15, 0.2) is 0 Å². The van der Waals surface area contributed by atoms with Crippen molar-refractivity contribution in [2.24, 2.45) is 16.7 Å². The summed E-state index contributed by atoms with van der Waals surface area (Å²) in [6.07, 6.45) is 3.68. The summed E-state index contributed by atoms with van der Waals surface area (Å²) < 4.78 is 0. The van der Waals surface area contributed by atoms with Gasteiger partial charge in [0, 0.05) is 12.0 Å². The van der Waals surface area contributed by atoms with Crippen LogP contribution in [0.2, 0.25) is 0 Å². The number of nitrogens with one attached hydrogen (secondary N) is 1. The maximum absolute atomic E-state index is 9.33. The average molecular weight is 176 g/mol. The van der Waals surface area contributed by atoms with Crippen LogP contribution in [-0.2, 0) is 0 Å². The summed E-state index contributed by atoms with van der Waals surface area (Å²) in [4.78, 5) is 0. The zero-order chi connectivity index (χ0) is 9.32. The van der Waals surface area contributed by atoms with E-state index in [0.717, 1.165) is 18.9 Å². The molecule has 0 unspecified atom stereocenters. The molecule has 13 heavy (non-hydrogen) atoms. The van der Waals surface area contributed by atoms with Crippen molar-refractivity contribution in [2.75, 3.05) is 6.54 Å². The molecule has 4 bridgehead atoms. The molecule has 3 aliphatic rings. The van der Waals surface area contributed by atoms with E-state index in [-0.39, 0.29) is 11.0 Å². The van der Waals surface area contributed by atoms with Crippen molar-refractivity contribution in [2.45, 2.75) is 38.6 Å². The predicted molar refractivity (Wildman–Crippen MR) is 49.9 cm³/mol. The van der Waals surface area contributed by atoms with Gasteiger partial charge in [-0.1, -0.05) is 13.8 Å². The van der Waals surface area contributed by atoms with Gasteiger partial charge in [0.25, 0.3) is 0 Å². The van der Waals surface area contributed by atoms with Gasteiger partial charge in [-0.15, -0.1) is 0 Å². The number of hydrogen-bond acceptors (Lipinski definition) is 2. The van der Waals surface area contributed by atoms with E-state index in [1.54, 1.807) is 0 Å². The Morgan fingerprint density at radius 1 is 1.46 bits per heavy atom. The number of piperidine rings is 1. The van der Waals surface area contributed by atoms with Crippen LogP contribution in [0.4, 0.5) is 0 Å². The summed E-state index contributed by atoms with van der Waals surface area (Å²) in [5.41, 5.74) is 0.479. The fraction of sp³-hybridized carbons (Fsp3) is 0.909. The third-order valence-electron chi connectivity index (χ3n) is 5.60. The lowest BCUT2D eigenvalue weighted by Crippen LogP contribution is -2.49. The molecule has 4 atom stereocenters. The Labute approximate surface area is 79.3 Å². The first-order valence-corrected chi connectivity index (χ1v) is 5.24. The van der Waals surface area contributed by atoms with E-state index in [1.807, 2.05) is 0 Å². The number of hydrogen-bond donors (Lipinski definition) is 1. The Balaban J connectivity index is 2.21. The van der Waals surface area contributed by atoms with E-state index >= 15 is 0 Å². The van der Waals surface area contributed by atoms with Crippen molar-refractivity contribution < 1.29 is 0 Å². The molecule has 70 valence electrons. The molecule has 0 radical (unpaired) electrons. The number of nitriles is 1. The van der Waals surface area contributed by atoms with Crippen LogP contribution in [0.25, 0.3) is 0 Å². The van der Waals surface area contributed by atoms with E-state index in [1.165, 1.54) is 12.8 Å². The Hall–Kier alpha value is -0.550. The number of nitrogens with zero attached hydrogens (tertiary/aromatic N) is 1. The topological polar surface area (TPSA) is 35.8 Å². The zero-order valence-electron chi connectivity index (χ0n) is 8.35. The second kappa shape index (κ2) is 1.79. The summed E-state index contributed by atoms with van der Waals surface area (Å²) in [6, 6.07) is 2.55. The maximum Gasteiger partial charge on any atom is 0.113 e. The lowest BCUT2D eigenvalue weighted by Gasteiger charge is -2.37. The van der Waals surface area contributed by atoms with Gasteiger partial charge in [-0.3, -0.25) is 5.32 Å². The highest BCUT2D eigenvalue weighted by Gasteiger charge is 2.75. The molecule has 2 aliphatic carbocycles.